The molecular weight excluding hydrogens is 448 g/mol. The number of aryl methyl sites for hydroxylation is 1. The van der Waals surface area contributed by atoms with Gasteiger partial charge in [-0.25, -0.2) is 4.57 Å². The summed E-state index contributed by atoms with van der Waals surface area (Å²) in [7, 11) is 2.14. The maximum Gasteiger partial charge on any atom is 0.221 e. The first-order valence-electron chi connectivity index (χ1n) is 13.5. The van der Waals surface area contributed by atoms with E-state index in [1.807, 2.05) is 0 Å². The molecule has 2 nitrogen and oxygen atoms in total. The van der Waals surface area contributed by atoms with Gasteiger partial charge < -0.3 is 0 Å². The number of hydrogen-bond acceptors (Lipinski definition) is 0. The van der Waals surface area contributed by atoms with Crippen LogP contribution in [0.2, 0.25) is 0 Å². The number of aromatic nitrogens is 2. The van der Waals surface area contributed by atoms with Crippen LogP contribution in [0.15, 0.2) is 116 Å². The van der Waals surface area contributed by atoms with Crippen molar-refractivity contribution in [1.29, 1.82) is 0 Å². The molecule has 1 aliphatic heterocycles. The van der Waals surface area contributed by atoms with Crippen LogP contribution in [-0.2, 0) is 18.0 Å². The van der Waals surface area contributed by atoms with Gasteiger partial charge in [0.1, 0.15) is 7.05 Å². The van der Waals surface area contributed by atoms with Crippen molar-refractivity contribution in [3.05, 3.63) is 127 Å². The fourth-order valence-electron chi connectivity index (χ4n) is 7.49. The van der Waals surface area contributed by atoms with Crippen LogP contribution in [0.5, 0.6) is 0 Å². The van der Waals surface area contributed by atoms with Crippen LogP contribution in [0.25, 0.3) is 38.9 Å². The maximum absolute atomic E-state index is 2.61. The lowest BCUT2D eigenvalue weighted by molar-refractivity contribution is -0.756. The summed E-state index contributed by atoms with van der Waals surface area (Å²) in [6.45, 7) is 4.74. The Morgan fingerprint density at radius 2 is 1.35 bits per heavy atom. The van der Waals surface area contributed by atoms with Crippen molar-refractivity contribution in [3.8, 4) is 22.5 Å². The van der Waals surface area contributed by atoms with Gasteiger partial charge in [-0.2, -0.15) is 4.57 Å². The first-order valence-corrected chi connectivity index (χ1v) is 13.5. The van der Waals surface area contributed by atoms with Gasteiger partial charge in [0.2, 0.25) is 16.9 Å². The molecule has 5 aromatic rings. The summed E-state index contributed by atoms with van der Waals surface area (Å²) in [5.74, 6) is 0. The zero-order valence-electron chi connectivity index (χ0n) is 21.8. The maximum atomic E-state index is 2.61. The van der Waals surface area contributed by atoms with E-state index in [0.717, 1.165) is 12.8 Å². The highest BCUT2D eigenvalue weighted by Crippen LogP contribution is 2.65. The van der Waals surface area contributed by atoms with Crippen LogP contribution < -0.4 is 9.13 Å². The minimum Gasteiger partial charge on any atom is -0.201 e. The van der Waals surface area contributed by atoms with Gasteiger partial charge in [0.25, 0.3) is 0 Å². The Balaban J connectivity index is 1.58. The molecule has 0 amide bonds. The molecule has 0 N–H and O–H groups in total. The van der Waals surface area contributed by atoms with Crippen molar-refractivity contribution in [1.82, 2.24) is 0 Å². The van der Waals surface area contributed by atoms with Gasteiger partial charge in [0, 0.05) is 24.6 Å². The topological polar surface area (TPSA) is 7.76 Å². The van der Waals surface area contributed by atoms with Gasteiger partial charge in [-0.1, -0.05) is 68.4 Å². The van der Waals surface area contributed by atoms with E-state index in [1.54, 1.807) is 0 Å². The van der Waals surface area contributed by atoms with Gasteiger partial charge in [0.15, 0.2) is 12.4 Å². The van der Waals surface area contributed by atoms with Crippen LogP contribution in [-0.4, -0.2) is 0 Å². The van der Waals surface area contributed by atoms with Crippen molar-refractivity contribution in [2.75, 3.05) is 0 Å². The lowest BCUT2D eigenvalue weighted by Gasteiger charge is -2.56. The van der Waals surface area contributed by atoms with Gasteiger partial charge in [-0.15, -0.1) is 0 Å². The van der Waals surface area contributed by atoms with E-state index in [-0.39, 0.29) is 11.0 Å². The van der Waals surface area contributed by atoms with Crippen molar-refractivity contribution in [2.45, 2.75) is 37.6 Å². The Morgan fingerprint density at radius 3 is 2.14 bits per heavy atom. The molecular formula is C35H32N2+2. The number of fused-ring (bicyclic) bond motifs is 8. The average Bonchev–Trinajstić information content (AvgIpc) is 2.94. The molecule has 1 aliphatic carbocycles. The molecule has 7 rings (SSSR count). The molecule has 0 spiro atoms. The first kappa shape index (κ1) is 22.2. The van der Waals surface area contributed by atoms with Crippen molar-refractivity contribution in [2.24, 2.45) is 7.05 Å². The second-order valence-corrected chi connectivity index (χ2v) is 10.5. The van der Waals surface area contributed by atoms with Crippen LogP contribution in [0.1, 0.15) is 37.8 Å². The molecule has 0 saturated heterocycles. The largest absolute Gasteiger partial charge is 0.221 e. The number of benzene rings is 3. The molecule has 0 saturated carbocycles. The summed E-state index contributed by atoms with van der Waals surface area (Å²) in [4.78, 5) is 0. The zero-order valence-corrected chi connectivity index (χ0v) is 21.8. The summed E-state index contributed by atoms with van der Waals surface area (Å²) in [5.41, 5.74) is 9.27. The Kier molecular flexibility index (Phi) is 4.78. The predicted molar refractivity (Wildman–Crippen MR) is 151 cm³/mol. The third kappa shape index (κ3) is 2.71. The minimum atomic E-state index is -0.114. The molecule has 2 atom stereocenters. The van der Waals surface area contributed by atoms with E-state index in [0.29, 0.717) is 0 Å². The van der Waals surface area contributed by atoms with E-state index in [9.17, 15) is 0 Å². The Bertz CT molecular complexity index is 1730. The van der Waals surface area contributed by atoms with Gasteiger partial charge in [-0.3, -0.25) is 0 Å². The normalized spacial score (nSPS) is 21.4. The number of nitrogens with zero attached hydrogens (tertiary/aromatic N) is 2. The van der Waals surface area contributed by atoms with Crippen molar-refractivity contribution < 1.29 is 9.13 Å². The molecule has 3 heterocycles. The lowest BCUT2D eigenvalue weighted by Crippen LogP contribution is -2.73. The fraction of sp³-hybridized carbons (Fsp3) is 0.200. The molecule has 0 bridgehead atoms. The van der Waals surface area contributed by atoms with E-state index in [4.69, 9.17) is 0 Å². The quantitative estimate of drug-likeness (QED) is 0.241. The number of rotatable bonds is 4. The summed E-state index contributed by atoms with van der Waals surface area (Å²) >= 11 is 0. The average molecular weight is 481 g/mol. The van der Waals surface area contributed by atoms with Crippen molar-refractivity contribution in [3.63, 3.8) is 0 Å². The Labute approximate surface area is 219 Å². The predicted octanol–water partition coefficient (Wildman–Crippen LogP) is 7.15. The SMILES string of the molecule is CCC12C(c3ccccc3-c3cccc[n+]3C)=CC1(CC)[n+]1ccc3ccccc3c1-c1ccccc12. The molecule has 3 aromatic carbocycles. The molecule has 2 unspecified atom stereocenters. The molecule has 2 aromatic heterocycles. The minimum absolute atomic E-state index is 0.109. The zero-order chi connectivity index (χ0) is 25.2. The molecule has 0 radical (unpaired) electrons. The van der Waals surface area contributed by atoms with E-state index in [1.165, 1.54) is 50.0 Å². The lowest BCUT2D eigenvalue weighted by atomic mass is 9.46. The second-order valence-electron chi connectivity index (χ2n) is 10.5. The van der Waals surface area contributed by atoms with Gasteiger partial charge >= 0.3 is 0 Å². The third-order valence-electron chi connectivity index (χ3n) is 9.13. The fourth-order valence-corrected chi connectivity index (χ4v) is 7.49. The highest BCUT2D eigenvalue weighted by molar-refractivity contribution is 5.98. The highest BCUT2D eigenvalue weighted by Gasteiger charge is 2.69. The standard InChI is InChI=1S/C35H32N2/c1-4-34-24-31(27-16-8-9-17-28(27)32-20-12-13-22-36(32)3)35(34,5-2)30-19-11-10-18-29(30)33-26-15-7-6-14-25(26)21-23-37(33)34/h6-24H,4-5H2,1-3H3/q+2. The highest BCUT2D eigenvalue weighted by atomic mass is 15.1. The number of allylic oxidation sites excluding steroid dienone is 2. The first-order chi connectivity index (χ1) is 18.2. The smallest absolute Gasteiger partial charge is 0.201 e. The molecule has 180 valence electrons. The monoisotopic (exact) mass is 480 g/mol. The van der Waals surface area contributed by atoms with Gasteiger partial charge in [0.05, 0.1) is 21.9 Å². The number of pyridine rings is 2. The van der Waals surface area contributed by atoms with E-state index in [2.05, 4.69) is 146 Å². The van der Waals surface area contributed by atoms with Crippen LogP contribution in [0.3, 0.4) is 0 Å². The van der Waals surface area contributed by atoms with Crippen LogP contribution >= 0.6 is 0 Å². The van der Waals surface area contributed by atoms with Gasteiger partial charge in [-0.05, 0) is 58.8 Å². The summed E-state index contributed by atoms with van der Waals surface area (Å²) < 4.78 is 4.84. The Morgan fingerprint density at radius 1 is 0.649 bits per heavy atom. The summed E-state index contributed by atoms with van der Waals surface area (Å²) in [6, 6.07) is 35.7. The second kappa shape index (κ2) is 7.98. The molecule has 37 heavy (non-hydrogen) atoms. The van der Waals surface area contributed by atoms with Crippen molar-refractivity contribution >= 4 is 16.3 Å². The van der Waals surface area contributed by atoms with E-state index < -0.39 is 0 Å². The third-order valence-corrected chi connectivity index (χ3v) is 9.13. The summed E-state index contributed by atoms with van der Waals surface area (Å²) in [6.07, 6.45) is 9.15. The molecule has 2 heteroatoms. The van der Waals surface area contributed by atoms with Crippen LogP contribution in [0, 0.1) is 0 Å². The van der Waals surface area contributed by atoms with E-state index >= 15 is 0 Å². The summed E-state index contributed by atoms with van der Waals surface area (Å²) in [5, 5.41) is 2.62. The molecule has 0 fully saturated rings. The number of hydrogen-bond donors (Lipinski definition) is 0. The molecule has 2 aliphatic rings. The van der Waals surface area contributed by atoms with Crippen LogP contribution in [0.4, 0.5) is 0 Å². The Hall–Kier alpha value is -4.04.